The molecule has 0 saturated carbocycles. The largest absolute Gasteiger partial charge is 0.495 e. The number of hydrogen-bond donors (Lipinski definition) is 0. The Morgan fingerprint density at radius 1 is 1.33 bits per heavy atom. The van der Waals surface area contributed by atoms with Gasteiger partial charge in [-0.25, -0.2) is 0 Å². The average molecular weight is 205 g/mol. The van der Waals surface area contributed by atoms with E-state index in [1.165, 1.54) is 12.8 Å². The molecule has 0 amide bonds. The molecule has 0 radical (unpaired) electrons. The van der Waals surface area contributed by atoms with Gasteiger partial charge in [-0.3, -0.25) is 4.79 Å². The van der Waals surface area contributed by atoms with Gasteiger partial charge in [0.25, 0.3) is 0 Å². The van der Waals surface area contributed by atoms with Crippen LogP contribution in [-0.4, -0.2) is 26.5 Å². The van der Waals surface area contributed by atoms with Gasteiger partial charge in [0.1, 0.15) is 12.0 Å². The molecule has 1 heterocycles. The highest BCUT2D eigenvalue weighted by Crippen LogP contribution is 2.31. The van der Waals surface area contributed by atoms with E-state index in [9.17, 15) is 4.79 Å². The van der Waals surface area contributed by atoms with Crippen LogP contribution in [0, 0.1) is 0 Å². The molecule has 1 aliphatic rings. The molecule has 2 rings (SSSR count). The molecule has 0 atom stereocenters. The predicted molar refractivity (Wildman–Crippen MR) is 59.8 cm³/mol. The van der Waals surface area contributed by atoms with Crippen LogP contribution >= 0.6 is 0 Å². The van der Waals surface area contributed by atoms with Gasteiger partial charge in [-0.15, -0.1) is 0 Å². The van der Waals surface area contributed by atoms with Gasteiger partial charge in [0.15, 0.2) is 0 Å². The first-order valence-corrected chi connectivity index (χ1v) is 5.23. The van der Waals surface area contributed by atoms with E-state index in [2.05, 4.69) is 4.90 Å². The zero-order valence-electron chi connectivity index (χ0n) is 8.90. The van der Waals surface area contributed by atoms with Crippen LogP contribution in [0.5, 0.6) is 5.75 Å². The summed E-state index contributed by atoms with van der Waals surface area (Å²) in [4.78, 5) is 13.0. The molecule has 3 nitrogen and oxygen atoms in total. The molecule has 0 aromatic heterocycles. The molecule has 80 valence electrons. The molecular weight excluding hydrogens is 190 g/mol. The van der Waals surface area contributed by atoms with Crippen molar-refractivity contribution in [1.82, 2.24) is 0 Å². The van der Waals surface area contributed by atoms with E-state index < -0.39 is 0 Å². The van der Waals surface area contributed by atoms with Crippen molar-refractivity contribution in [2.24, 2.45) is 0 Å². The van der Waals surface area contributed by atoms with Crippen molar-refractivity contribution in [2.75, 3.05) is 25.1 Å². The lowest BCUT2D eigenvalue weighted by atomic mass is 10.2. The second kappa shape index (κ2) is 4.34. The fraction of sp³-hybridized carbons (Fsp3) is 0.417. The zero-order valence-corrected chi connectivity index (χ0v) is 8.90. The van der Waals surface area contributed by atoms with Gasteiger partial charge in [-0.05, 0) is 31.0 Å². The Bertz CT molecular complexity index is 357. The topological polar surface area (TPSA) is 29.5 Å². The maximum absolute atomic E-state index is 10.7. The number of carbonyl (C=O) groups is 1. The number of nitrogens with zero attached hydrogens (tertiary/aromatic N) is 1. The third kappa shape index (κ3) is 1.96. The van der Waals surface area contributed by atoms with Crippen molar-refractivity contribution in [3.05, 3.63) is 23.8 Å². The zero-order chi connectivity index (χ0) is 10.7. The standard InChI is InChI=1S/C12H15NO2/c1-15-12-5-4-10(9-14)8-11(12)13-6-2-3-7-13/h4-5,8-9H,2-3,6-7H2,1H3. The Morgan fingerprint density at radius 2 is 2.07 bits per heavy atom. The van der Waals surface area contributed by atoms with Crippen LogP contribution in [0.2, 0.25) is 0 Å². The van der Waals surface area contributed by atoms with Gasteiger partial charge >= 0.3 is 0 Å². The molecule has 0 aliphatic carbocycles. The second-order valence-corrected chi connectivity index (χ2v) is 3.74. The average Bonchev–Trinajstić information content (AvgIpc) is 2.81. The van der Waals surface area contributed by atoms with Crippen molar-refractivity contribution in [2.45, 2.75) is 12.8 Å². The summed E-state index contributed by atoms with van der Waals surface area (Å²) in [5.41, 5.74) is 1.75. The molecule has 0 unspecified atom stereocenters. The molecular formula is C12H15NO2. The number of rotatable bonds is 3. The van der Waals surface area contributed by atoms with E-state index in [1.54, 1.807) is 13.2 Å². The normalized spacial score (nSPS) is 15.4. The van der Waals surface area contributed by atoms with Gasteiger partial charge in [-0.1, -0.05) is 0 Å². The third-order valence-electron chi connectivity index (χ3n) is 2.79. The summed E-state index contributed by atoms with van der Waals surface area (Å²) >= 11 is 0. The van der Waals surface area contributed by atoms with Crippen LogP contribution < -0.4 is 9.64 Å². The number of carbonyl (C=O) groups excluding carboxylic acids is 1. The third-order valence-corrected chi connectivity index (χ3v) is 2.79. The molecule has 1 saturated heterocycles. The van der Waals surface area contributed by atoms with Crippen molar-refractivity contribution in [1.29, 1.82) is 0 Å². The van der Waals surface area contributed by atoms with Crippen LogP contribution in [0.25, 0.3) is 0 Å². The van der Waals surface area contributed by atoms with Crippen molar-refractivity contribution in [3.8, 4) is 5.75 Å². The Balaban J connectivity index is 2.36. The smallest absolute Gasteiger partial charge is 0.150 e. The number of methoxy groups -OCH3 is 1. The van der Waals surface area contributed by atoms with Crippen LogP contribution in [0.3, 0.4) is 0 Å². The van der Waals surface area contributed by atoms with Crippen molar-refractivity contribution < 1.29 is 9.53 Å². The summed E-state index contributed by atoms with van der Waals surface area (Å²) < 4.78 is 5.30. The molecule has 1 aromatic carbocycles. The minimum absolute atomic E-state index is 0.706. The van der Waals surface area contributed by atoms with Gasteiger partial charge in [-0.2, -0.15) is 0 Å². The maximum Gasteiger partial charge on any atom is 0.150 e. The minimum Gasteiger partial charge on any atom is -0.495 e. The van der Waals surface area contributed by atoms with E-state index in [1.807, 2.05) is 12.1 Å². The summed E-state index contributed by atoms with van der Waals surface area (Å²) in [6.45, 7) is 2.11. The van der Waals surface area contributed by atoms with Gasteiger partial charge in [0.2, 0.25) is 0 Å². The molecule has 15 heavy (non-hydrogen) atoms. The molecule has 1 aliphatic heterocycles. The molecule has 1 fully saturated rings. The summed E-state index contributed by atoms with van der Waals surface area (Å²) in [7, 11) is 1.66. The lowest BCUT2D eigenvalue weighted by molar-refractivity contribution is 0.112. The lowest BCUT2D eigenvalue weighted by Crippen LogP contribution is -2.18. The van der Waals surface area contributed by atoms with E-state index in [-0.39, 0.29) is 0 Å². The molecule has 0 N–H and O–H groups in total. The number of ether oxygens (including phenoxy) is 1. The quantitative estimate of drug-likeness (QED) is 0.708. The SMILES string of the molecule is COc1ccc(C=O)cc1N1CCCC1. The first kappa shape index (κ1) is 10.0. The first-order chi connectivity index (χ1) is 7.35. The minimum atomic E-state index is 0.706. The van der Waals surface area contributed by atoms with Gasteiger partial charge in [0, 0.05) is 18.7 Å². The number of benzene rings is 1. The predicted octanol–water partition coefficient (Wildman–Crippen LogP) is 2.11. The number of aldehydes is 1. The summed E-state index contributed by atoms with van der Waals surface area (Å²) in [6.07, 6.45) is 3.31. The van der Waals surface area contributed by atoms with Crippen LogP contribution in [0.1, 0.15) is 23.2 Å². The fourth-order valence-electron chi connectivity index (χ4n) is 1.99. The molecule has 0 spiro atoms. The summed E-state index contributed by atoms with van der Waals surface area (Å²) in [5, 5.41) is 0. The molecule has 0 bridgehead atoms. The van der Waals surface area contributed by atoms with E-state index in [0.717, 1.165) is 30.8 Å². The van der Waals surface area contributed by atoms with Crippen LogP contribution in [0.15, 0.2) is 18.2 Å². The summed E-state index contributed by atoms with van der Waals surface area (Å²) in [5.74, 6) is 0.850. The maximum atomic E-state index is 10.7. The highest BCUT2D eigenvalue weighted by Gasteiger charge is 2.16. The first-order valence-electron chi connectivity index (χ1n) is 5.23. The Hall–Kier alpha value is -1.51. The Labute approximate surface area is 89.7 Å². The van der Waals surface area contributed by atoms with Crippen molar-refractivity contribution >= 4 is 12.0 Å². The summed E-state index contributed by atoms with van der Waals surface area (Å²) in [6, 6.07) is 5.54. The highest BCUT2D eigenvalue weighted by molar-refractivity contribution is 5.79. The van der Waals surface area contributed by atoms with Gasteiger partial charge in [0.05, 0.1) is 12.8 Å². The lowest BCUT2D eigenvalue weighted by Gasteiger charge is -2.20. The van der Waals surface area contributed by atoms with Crippen LogP contribution in [0.4, 0.5) is 5.69 Å². The number of hydrogen-bond acceptors (Lipinski definition) is 3. The molecule has 1 aromatic rings. The molecule has 3 heteroatoms. The monoisotopic (exact) mass is 205 g/mol. The van der Waals surface area contributed by atoms with E-state index in [4.69, 9.17) is 4.74 Å². The van der Waals surface area contributed by atoms with Crippen LogP contribution in [-0.2, 0) is 0 Å². The van der Waals surface area contributed by atoms with E-state index in [0.29, 0.717) is 5.56 Å². The van der Waals surface area contributed by atoms with Gasteiger partial charge < -0.3 is 9.64 Å². The Kier molecular flexibility index (Phi) is 2.90. The van der Waals surface area contributed by atoms with E-state index >= 15 is 0 Å². The van der Waals surface area contributed by atoms with Crippen molar-refractivity contribution in [3.63, 3.8) is 0 Å². The number of anilines is 1. The highest BCUT2D eigenvalue weighted by atomic mass is 16.5. The Morgan fingerprint density at radius 3 is 2.67 bits per heavy atom. The fourth-order valence-corrected chi connectivity index (χ4v) is 1.99. The second-order valence-electron chi connectivity index (χ2n) is 3.74.